The molecule has 1 N–H and O–H groups in total. The van der Waals surface area contributed by atoms with E-state index in [0.717, 1.165) is 18.4 Å². The first-order valence-electron chi connectivity index (χ1n) is 6.20. The molecule has 0 aliphatic carbocycles. The molecular weight excluding hydrogens is 217 g/mol. The van der Waals surface area contributed by atoms with Gasteiger partial charge in [-0.15, -0.1) is 0 Å². The molecule has 0 bridgehead atoms. The highest BCUT2D eigenvalue weighted by Crippen LogP contribution is 2.29. The van der Waals surface area contributed by atoms with Crippen LogP contribution in [0.25, 0.3) is 0 Å². The molecule has 3 heteroatoms. The number of hydrogen-bond donors (Lipinski definition) is 1. The number of aryl methyl sites for hydroxylation is 1. The van der Waals surface area contributed by atoms with E-state index in [1.807, 2.05) is 12.1 Å². The third kappa shape index (κ3) is 2.67. The fourth-order valence-corrected chi connectivity index (χ4v) is 2.16. The third-order valence-corrected chi connectivity index (χ3v) is 3.04. The monoisotopic (exact) mass is 237 g/mol. The molecule has 1 aliphatic rings. The van der Waals surface area contributed by atoms with E-state index < -0.39 is 0 Å². The van der Waals surface area contributed by atoms with Crippen molar-refractivity contribution in [3.63, 3.8) is 0 Å². The maximum atomic E-state index is 14.2. The lowest BCUT2D eigenvalue weighted by molar-refractivity contribution is 0.0959. The first-order chi connectivity index (χ1) is 8.03. The van der Waals surface area contributed by atoms with Gasteiger partial charge in [-0.25, -0.2) is 4.39 Å². The Balaban J connectivity index is 2.24. The van der Waals surface area contributed by atoms with Crippen molar-refractivity contribution in [2.24, 2.45) is 0 Å². The van der Waals surface area contributed by atoms with Crippen molar-refractivity contribution in [3.05, 3.63) is 35.1 Å². The summed E-state index contributed by atoms with van der Waals surface area (Å²) in [6, 6.07) is 5.55. The minimum atomic E-state index is -0.318. The molecule has 17 heavy (non-hydrogen) atoms. The van der Waals surface area contributed by atoms with Gasteiger partial charge in [0.05, 0.1) is 6.61 Å². The Bertz CT molecular complexity index is 403. The van der Waals surface area contributed by atoms with E-state index in [1.54, 1.807) is 6.07 Å². The van der Waals surface area contributed by atoms with Crippen molar-refractivity contribution in [1.29, 1.82) is 0 Å². The summed E-state index contributed by atoms with van der Waals surface area (Å²) >= 11 is 0. The molecular formula is C14H20FNO. The van der Waals surface area contributed by atoms with E-state index >= 15 is 0 Å². The third-order valence-electron chi connectivity index (χ3n) is 3.04. The molecule has 1 heterocycles. The zero-order chi connectivity index (χ0) is 12.5. The number of halogens is 1. The number of ether oxygens (including phenoxy) is 1. The molecule has 1 atom stereocenters. The van der Waals surface area contributed by atoms with Crippen molar-refractivity contribution in [2.45, 2.75) is 45.4 Å². The van der Waals surface area contributed by atoms with Crippen LogP contribution >= 0.6 is 0 Å². The van der Waals surface area contributed by atoms with Crippen LogP contribution in [0, 0.1) is 5.82 Å². The molecule has 0 amide bonds. The van der Waals surface area contributed by atoms with Crippen molar-refractivity contribution in [1.82, 2.24) is 5.32 Å². The number of hydrogen-bond acceptors (Lipinski definition) is 2. The number of nitrogens with one attached hydrogen (secondary N) is 1. The first-order valence-corrected chi connectivity index (χ1v) is 6.20. The Morgan fingerprint density at radius 3 is 2.82 bits per heavy atom. The van der Waals surface area contributed by atoms with Crippen molar-refractivity contribution in [2.75, 3.05) is 6.61 Å². The van der Waals surface area contributed by atoms with E-state index in [1.165, 1.54) is 0 Å². The molecule has 1 aromatic carbocycles. The molecule has 1 aromatic rings. The van der Waals surface area contributed by atoms with Crippen molar-refractivity contribution in [3.8, 4) is 0 Å². The van der Waals surface area contributed by atoms with Crippen LogP contribution in [0.3, 0.4) is 0 Å². The maximum absolute atomic E-state index is 14.2. The quantitative estimate of drug-likeness (QED) is 0.871. The van der Waals surface area contributed by atoms with E-state index in [9.17, 15) is 4.39 Å². The van der Waals surface area contributed by atoms with E-state index in [2.05, 4.69) is 26.1 Å². The van der Waals surface area contributed by atoms with Gasteiger partial charge in [0.1, 0.15) is 12.0 Å². The van der Waals surface area contributed by atoms with Gasteiger partial charge >= 0.3 is 0 Å². The van der Waals surface area contributed by atoms with Gasteiger partial charge in [-0.3, -0.25) is 5.32 Å². The van der Waals surface area contributed by atoms with Crippen LogP contribution in [0.5, 0.6) is 0 Å². The van der Waals surface area contributed by atoms with Crippen LogP contribution in [0.2, 0.25) is 0 Å². The Kier molecular flexibility index (Phi) is 3.50. The van der Waals surface area contributed by atoms with E-state index in [0.29, 0.717) is 12.2 Å². The van der Waals surface area contributed by atoms with Gasteiger partial charge in [0, 0.05) is 11.1 Å². The van der Waals surface area contributed by atoms with Crippen LogP contribution in [-0.4, -0.2) is 12.1 Å². The second kappa shape index (κ2) is 4.75. The molecule has 0 spiro atoms. The van der Waals surface area contributed by atoms with Crippen LogP contribution in [-0.2, 0) is 11.2 Å². The smallest absolute Gasteiger partial charge is 0.137 e. The maximum Gasteiger partial charge on any atom is 0.137 e. The van der Waals surface area contributed by atoms with Crippen LogP contribution in [0.4, 0.5) is 4.39 Å². The Labute approximate surface area is 102 Å². The number of rotatable bonds is 3. The van der Waals surface area contributed by atoms with Gasteiger partial charge in [0.25, 0.3) is 0 Å². The molecule has 1 aliphatic heterocycles. The molecule has 0 saturated carbocycles. The summed E-state index contributed by atoms with van der Waals surface area (Å²) < 4.78 is 19.9. The summed E-state index contributed by atoms with van der Waals surface area (Å²) in [5.74, 6) is -0.121. The lowest BCUT2D eigenvalue weighted by Crippen LogP contribution is -2.36. The fraction of sp³-hybridized carbons (Fsp3) is 0.571. The van der Waals surface area contributed by atoms with Crippen LogP contribution < -0.4 is 5.32 Å². The summed E-state index contributed by atoms with van der Waals surface area (Å²) in [5.41, 5.74) is 1.32. The second-order valence-electron chi connectivity index (χ2n) is 5.29. The number of benzene rings is 1. The molecule has 1 saturated heterocycles. The predicted molar refractivity (Wildman–Crippen MR) is 66.3 cm³/mol. The predicted octanol–water partition coefficient (Wildman–Crippen LogP) is 3.18. The standard InChI is InChI=1S/C14H20FNO/c1-4-6-10-7-5-8-11(12(10)15)13-16-14(2,3)9-17-13/h5,7-8,13,16H,4,6,9H2,1-3H3. The molecule has 2 rings (SSSR count). The summed E-state index contributed by atoms with van der Waals surface area (Å²) in [6.45, 7) is 6.77. The van der Waals surface area contributed by atoms with Crippen molar-refractivity contribution >= 4 is 0 Å². The zero-order valence-electron chi connectivity index (χ0n) is 10.7. The summed E-state index contributed by atoms with van der Waals surface area (Å²) in [7, 11) is 0. The Hall–Kier alpha value is -0.930. The van der Waals surface area contributed by atoms with Gasteiger partial charge in [-0.05, 0) is 25.8 Å². The van der Waals surface area contributed by atoms with Gasteiger partial charge in [-0.2, -0.15) is 0 Å². The largest absolute Gasteiger partial charge is 0.357 e. The highest BCUT2D eigenvalue weighted by Gasteiger charge is 2.33. The zero-order valence-corrected chi connectivity index (χ0v) is 10.7. The van der Waals surface area contributed by atoms with Crippen LogP contribution in [0.15, 0.2) is 18.2 Å². The van der Waals surface area contributed by atoms with Crippen molar-refractivity contribution < 1.29 is 9.13 Å². The van der Waals surface area contributed by atoms with E-state index in [-0.39, 0.29) is 17.6 Å². The summed E-state index contributed by atoms with van der Waals surface area (Å²) in [6.07, 6.45) is 1.41. The molecule has 0 aromatic heterocycles. The minimum Gasteiger partial charge on any atom is -0.357 e. The molecule has 1 fully saturated rings. The normalized spacial score (nSPS) is 22.9. The molecule has 1 unspecified atom stereocenters. The fourth-order valence-electron chi connectivity index (χ4n) is 2.16. The lowest BCUT2D eigenvalue weighted by Gasteiger charge is -2.18. The van der Waals surface area contributed by atoms with Crippen LogP contribution in [0.1, 0.15) is 44.5 Å². The average Bonchev–Trinajstić information content (AvgIpc) is 2.62. The van der Waals surface area contributed by atoms with Gasteiger partial charge in [-0.1, -0.05) is 31.5 Å². The highest BCUT2D eigenvalue weighted by atomic mass is 19.1. The highest BCUT2D eigenvalue weighted by molar-refractivity contribution is 5.28. The Morgan fingerprint density at radius 2 is 2.24 bits per heavy atom. The average molecular weight is 237 g/mol. The summed E-state index contributed by atoms with van der Waals surface area (Å²) in [4.78, 5) is 0. The van der Waals surface area contributed by atoms with Gasteiger partial charge in [0.2, 0.25) is 0 Å². The Morgan fingerprint density at radius 1 is 1.47 bits per heavy atom. The SMILES string of the molecule is CCCc1cccc(C2NC(C)(C)CO2)c1F. The van der Waals surface area contributed by atoms with Gasteiger partial charge < -0.3 is 4.74 Å². The summed E-state index contributed by atoms with van der Waals surface area (Å²) in [5, 5.41) is 3.29. The van der Waals surface area contributed by atoms with Gasteiger partial charge in [0.15, 0.2) is 0 Å². The second-order valence-corrected chi connectivity index (χ2v) is 5.29. The minimum absolute atomic E-state index is 0.0854. The van der Waals surface area contributed by atoms with E-state index in [4.69, 9.17) is 4.74 Å². The molecule has 0 radical (unpaired) electrons. The molecule has 94 valence electrons. The first kappa shape index (κ1) is 12.5. The molecule has 2 nitrogen and oxygen atoms in total. The lowest BCUT2D eigenvalue weighted by atomic mass is 10.0. The topological polar surface area (TPSA) is 21.3 Å².